The van der Waals surface area contributed by atoms with E-state index in [4.69, 9.17) is 4.74 Å². The van der Waals surface area contributed by atoms with Crippen molar-refractivity contribution < 1.29 is 9.53 Å². The van der Waals surface area contributed by atoms with E-state index in [9.17, 15) is 4.79 Å². The second-order valence-corrected chi connectivity index (χ2v) is 6.74. The van der Waals surface area contributed by atoms with E-state index in [-0.39, 0.29) is 6.04 Å². The lowest BCUT2D eigenvalue weighted by Crippen LogP contribution is -2.34. The van der Waals surface area contributed by atoms with Crippen molar-refractivity contribution in [2.75, 3.05) is 0 Å². The minimum Gasteiger partial charge on any atom is -0.444 e. The fourth-order valence-electron chi connectivity index (χ4n) is 2.42. The highest BCUT2D eigenvalue weighted by Crippen LogP contribution is 2.25. The van der Waals surface area contributed by atoms with Crippen LogP contribution in [0.25, 0.3) is 10.9 Å². The highest BCUT2D eigenvalue weighted by atomic mass is 16.6. The van der Waals surface area contributed by atoms with Crippen molar-refractivity contribution in [2.45, 2.75) is 53.2 Å². The molecule has 0 spiro atoms. The number of nitrogens with one attached hydrogen (secondary N) is 1. The number of rotatable bonds is 2. The third-order valence-electron chi connectivity index (χ3n) is 3.32. The number of fused-ring (bicyclic) bond motifs is 1. The number of hydrogen-bond acceptors (Lipinski definition) is 3. The number of nitrogens with zero attached hydrogens (tertiary/aromatic N) is 1. The quantitative estimate of drug-likeness (QED) is 0.892. The van der Waals surface area contributed by atoms with Crippen molar-refractivity contribution in [3.63, 3.8) is 0 Å². The lowest BCUT2D eigenvalue weighted by Gasteiger charge is -2.23. The number of aryl methyl sites for hydroxylation is 2. The number of carbonyl (C=O) groups is 1. The Balaban J connectivity index is 2.33. The van der Waals surface area contributed by atoms with Gasteiger partial charge in [0.25, 0.3) is 0 Å². The van der Waals surface area contributed by atoms with E-state index in [1.54, 1.807) is 0 Å². The molecule has 1 amide bonds. The van der Waals surface area contributed by atoms with Gasteiger partial charge in [0, 0.05) is 11.1 Å². The number of carbonyl (C=O) groups excluding carboxylic acids is 1. The van der Waals surface area contributed by atoms with Crippen LogP contribution in [0.15, 0.2) is 24.3 Å². The second-order valence-electron chi connectivity index (χ2n) is 6.74. The van der Waals surface area contributed by atoms with Gasteiger partial charge in [0.05, 0.1) is 11.6 Å². The third kappa shape index (κ3) is 3.97. The van der Waals surface area contributed by atoms with Gasteiger partial charge in [0.2, 0.25) is 0 Å². The van der Waals surface area contributed by atoms with Crippen LogP contribution in [-0.4, -0.2) is 16.7 Å². The highest BCUT2D eigenvalue weighted by molar-refractivity contribution is 5.84. The van der Waals surface area contributed by atoms with E-state index in [1.165, 1.54) is 5.56 Å². The summed E-state index contributed by atoms with van der Waals surface area (Å²) in [4.78, 5) is 16.5. The van der Waals surface area contributed by atoms with Gasteiger partial charge in [-0.15, -0.1) is 0 Å². The van der Waals surface area contributed by atoms with E-state index < -0.39 is 11.7 Å². The van der Waals surface area contributed by atoms with Gasteiger partial charge in [-0.1, -0.05) is 11.6 Å². The van der Waals surface area contributed by atoms with E-state index in [1.807, 2.05) is 52.8 Å². The van der Waals surface area contributed by atoms with E-state index >= 15 is 0 Å². The topological polar surface area (TPSA) is 51.2 Å². The molecule has 1 unspecified atom stereocenters. The average molecular weight is 300 g/mol. The molecule has 22 heavy (non-hydrogen) atoms. The van der Waals surface area contributed by atoms with Crippen molar-refractivity contribution in [1.82, 2.24) is 10.3 Å². The number of pyridine rings is 1. The SMILES string of the molecule is Cc1ccc2nc(C)cc(C(C)NC(=O)OC(C)(C)C)c2c1. The smallest absolute Gasteiger partial charge is 0.408 e. The maximum Gasteiger partial charge on any atom is 0.408 e. The Kier molecular flexibility index (Phi) is 4.40. The molecule has 1 aromatic carbocycles. The lowest BCUT2D eigenvalue weighted by molar-refractivity contribution is 0.0508. The molecular formula is C18H24N2O2. The minimum absolute atomic E-state index is 0.152. The lowest BCUT2D eigenvalue weighted by atomic mass is 10.0. The molecule has 0 saturated heterocycles. The predicted molar refractivity (Wildman–Crippen MR) is 89.0 cm³/mol. The van der Waals surface area contributed by atoms with E-state index in [2.05, 4.69) is 23.3 Å². The highest BCUT2D eigenvalue weighted by Gasteiger charge is 2.19. The summed E-state index contributed by atoms with van der Waals surface area (Å²) in [5, 5.41) is 3.97. The molecule has 1 heterocycles. The molecule has 0 fully saturated rings. The molecule has 118 valence electrons. The second kappa shape index (κ2) is 5.95. The Bertz CT molecular complexity index is 702. The molecule has 1 atom stereocenters. The number of aromatic nitrogens is 1. The molecule has 0 bridgehead atoms. The zero-order valence-corrected chi connectivity index (χ0v) is 14.2. The normalized spacial score (nSPS) is 13.0. The number of alkyl carbamates (subject to hydrolysis) is 1. The fourth-order valence-corrected chi connectivity index (χ4v) is 2.42. The summed E-state index contributed by atoms with van der Waals surface area (Å²) >= 11 is 0. The first-order valence-corrected chi connectivity index (χ1v) is 7.53. The summed E-state index contributed by atoms with van der Waals surface area (Å²) in [5.41, 5.74) is 3.60. The summed E-state index contributed by atoms with van der Waals surface area (Å²) in [6.07, 6.45) is -0.407. The van der Waals surface area contributed by atoms with Gasteiger partial charge in [-0.2, -0.15) is 0 Å². The Morgan fingerprint density at radius 2 is 1.91 bits per heavy atom. The van der Waals surface area contributed by atoms with Gasteiger partial charge in [0.15, 0.2) is 0 Å². The van der Waals surface area contributed by atoms with Gasteiger partial charge in [0.1, 0.15) is 5.60 Å². The zero-order valence-electron chi connectivity index (χ0n) is 14.2. The van der Waals surface area contributed by atoms with Gasteiger partial charge >= 0.3 is 6.09 Å². The Hall–Kier alpha value is -2.10. The van der Waals surface area contributed by atoms with Crippen LogP contribution in [0.2, 0.25) is 0 Å². The molecular weight excluding hydrogens is 276 g/mol. The zero-order chi connectivity index (χ0) is 16.5. The van der Waals surface area contributed by atoms with Crippen LogP contribution in [0, 0.1) is 13.8 Å². The molecule has 0 aliphatic carbocycles. The molecule has 0 aliphatic heterocycles. The molecule has 4 heteroatoms. The molecule has 4 nitrogen and oxygen atoms in total. The molecule has 2 aromatic rings. The summed E-state index contributed by atoms with van der Waals surface area (Å²) < 4.78 is 5.33. The minimum atomic E-state index is -0.503. The van der Waals surface area contributed by atoms with Crippen molar-refractivity contribution in [3.8, 4) is 0 Å². The first-order valence-electron chi connectivity index (χ1n) is 7.53. The monoisotopic (exact) mass is 300 g/mol. The van der Waals surface area contributed by atoms with Gasteiger partial charge < -0.3 is 10.1 Å². The van der Waals surface area contributed by atoms with E-state index in [0.29, 0.717) is 0 Å². The van der Waals surface area contributed by atoms with Gasteiger partial charge in [-0.3, -0.25) is 4.98 Å². The number of ether oxygens (including phenoxy) is 1. The van der Waals surface area contributed by atoms with Crippen molar-refractivity contribution in [1.29, 1.82) is 0 Å². The van der Waals surface area contributed by atoms with Crippen molar-refractivity contribution in [2.24, 2.45) is 0 Å². The van der Waals surface area contributed by atoms with Crippen LogP contribution in [0.1, 0.15) is 50.6 Å². The maximum absolute atomic E-state index is 12.0. The molecule has 1 N–H and O–H groups in total. The van der Waals surface area contributed by atoms with Gasteiger partial charge in [-0.05, 0) is 65.3 Å². The molecule has 0 aliphatic rings. The molecule has 0 radical (unpaired) electrons. The Morgan fingerprint density at radius 3 is 2.55 bits per heavy atom. The standard InChI is InChI=1S/C18H24N2O2/c1-11-7-8-16-15(9-11)14(10-12(2)19-16)13(3)20-17(21)22-18(4,5)6/h7-10,13H,1-6H3,(H,20,21). The molecule has 0 saturated carbocycles. The van der Waals surface area contributed by atoms with Crippen LogP contribution in [0.5, 0.6) is 0 Å². The van der Waals surface area contributed by atoms with Gasteiger partial charge in [-0.25, -0.2) is 4.79 Å². The van der Waals surface area contributed by atoms with Crippen LogP contribution >= 0.6 is 0 Å². The average Bonchev–Trinajstić information content (AvgIpc) is 2.35. The Labute approximate surface area is 131 Å². The number of amides is 1. The first-order chi connectivity index (χ1) is 10.2. The number of benzene rings is 1. The fraction of sp³-hybridized carbons (Fsp3) is 0.444. The summed E-state index contributed by atoms with van der Waals surface area (Å²) in [7, 11) is 0. The summed E-state index contributed by atoms with van der Waals surface area (Å²) in [5.74, 6) is 0. The largest absolute Gasteiger partial charge is 0.444 e. The maximum atomic E-state index is 12.0. The molecule has 2 rings (SSSR count). The molecule has 1 aromatic heterocycles. The van der Waals surface area contributed by atoms with Crippen LogP contribution < -0.4 is 5.32 Å². The van der Waals surface area contributed by atoms with Crippen LogP contribution in [0.3, 0.4) is 0 Å². The van der Waals surface area contributed by atoms with Crippen molar-refractivity contribution >= 4 is 17.0 Å². The number of hydrogen-bond donors (Lipinski definition) is 1. The summed E-state index contributed by atoms with van der Waals surface area (Å²) in [6, 6.07) is 8.03. The predicted octanol–water partition coefficient (Wildman–Crippen LogP) is 4.44. The van der Waals surface area contributed by atoms with E-state index in [0.717, 1.165) is 22.2 Å². The first kappa shape index (κ1) is 16.3. The van der Waals surface area contributed by atoms with Crippen molar-refractivity contribution in [3.05, 3.63) is 41.1 Å². The van der Waals surface area contributed by atoms with Crippen LogP contribution in [0.4, 0.5) is 4.79 Å². The summed E-state index contributed by atoms with van der Waals surface area (Å²) in [6.45, 7) is 11.5. The third-order valence-corrected chi connectivity index (χ3v) is 3.32. The Morgan fingerprint density at radius 1 is 1.23 bits per heavy atom. The van der Waals surface area contributed by atoms with Crippen LogP contribution in [-0.2, 0) is 4.74 Å².